The molecule has 1 saturated heterocycles. The van der Waals surface area contributed by atoms with Gasteiger partial charge in [-0.25, -0.2) is 0 Å². The van der Waals surface area contributed by atoms with Crippen molar-refractivity contribution in [2.24, 2.45) is 0 Å². The quantitative estimate of drug-likeness (QED) is 0.759. The van der Waals surface area contributed by atoms with Gasteiger partial charge in [0.2, 0.25) is 11.8 Å². The number of piperazine rings is 1. The van der Waals surface area contributed by atoms with Crippen LogP contribution in [0.15, 0.2) is 24.3 Å². The maximum atomic E-state index is 11.6. The molecule has 1 fully saturated rings. The molecule has 5 nitrogen and oxygen atoms in total. The van der Waals surface area contributed by atoms with E-state index in [4.69, 9.17) is 4.74 Å². The maximum absolute atomic E-state index is 11.6. The van der Waals surface area contributed by atoms with Crippen LogP contribution in [0, 0.1) is 0 Å². The normalized spacial score (nSPS) is 20.1. The molecule has 1 aromatic carbocycles. The molecule has 2 rings (SSSR count). The molecule has 17 heavy (non-hydrogen) atoms. The molecule has 0 spiro atoms. The maximum Gasteiger partial charge on any atom is 0.249 e. The van der Waals surface area contributed by atoms with Crippen molar-refractivity contribution in [1.29, 1.82) is 0 Å². The Labute approximate surface area is 99.4 Å². The zero-order chi connectivity index (χ0) is 12.4. The van der Waals surface area contributed by atoms with E-state index >= 15 is 0 Å². The molecule has 0 radical (unpaired) electrons. The summed E-state index contributed by atoms with van der Waals surface area (Å²) in [5.41, 5.74) is 0.755. The van der Waals surface area contributed by atoms with E-state index in [2.05, 4.69) is 5.32 Å². The monoisotopic (exact) mass is 234 g/mol. The fourth-order valence-electron chi connectivity index (χ4n) is 1.88. The summed E-state index contributed by atoms with van der Waals surface area (Å²) in [7, 11) is 1.56. The van der Waals surface area contributed by atoms with E-state index < -0.39 is 0 Å². The number of anilines is 1. The van der Waals surface area contributed by atoms with E-state index in [9.17, 15) is 9.59 Å². The molecule has 1 heterocycles. The summed E-state index contributed by atoms with van der Waals surface area (Å²) in [4.78, 5) is 24.7. The summed E-state index contributed by atoms with van der Waals surface area (Å²) in [6.45, 7) is 1.92. The molecule has 1 atom stereocenters. The van der Waals surface area contributed by atoms with Gasteiger partial charge in [-0.3, -0.25) is 14.9 Å². The Kier molecular flexibility index (Phi) is 2.99. The number of methoxy groups -OCH3 is 1. The third-order valence-electron chi connectivity index (χ3n) is 2.82. The number of hydrogen-bond acceptors (Lipinski definition) is 4. The summed E-state index contributed by atoms with van der Waals surface area (Å²) in [5.74, 6) is 0.0769. The minimum absolute atomic E-state index is 0.160. The number of imide groups is 1. The lowest BCUT2D eigenvalue weighted by Gasteiger charge is -2.34. The highest BCUT2D eigenvalue weighted by Gasteiger charge is 2.31. The lowest BCUT2D eigenvalue weighted by Crippen LogP contribution is -2.57. The van der Waals surface area contributed by atoms with Crippen LogP contribution in [0.2, 0.25) is 0 Å². The summed E-state index contributed by atoms with van der Waals surface area (Å²) in [6.07, 6.45) is 0. The van der Waals surface area contributed by atoms with Gasteiger partial charge in [-0.15, -0.1) is 0 Å². The van der Waals surface area contributed by atoms with Crippen LogP contribution in [-0.2, 0) is 9.59 Å². The summed E-state index contributed by atoms with van der Waals surface area (Å²) in [5, 5.41) is 2.31. The molecule has 1 unspecified atom stereocenters. The molecule has 1 aliphatic heterocycles. The van der Waals surface area contributed by atoms with Gasteiger partial charge >= 0.3 is 0 Å². The van der Waals surface area contributed by atoms with Crippen LogP contribution < -0.4 is 15.0 Å². The second kappa shape index (κ2) is 4.45. The van der Waals surface area contributed by atoms with Crippen LogP contribution in [0.3, 0.4) is 0 Å². The minimum atomic E-state index is -0.385. The number of nitrogens with zero attached hydrogens (tertiary/aromatic N) is 1. The highest BCUT2D eigenvalue weighted by atomic mass is 16.5. The van der Waals surface area contributed by atoms with E-state index in [-0.39, 0.29) is 24.4 Å². The van der Waals surface area contributed by atoms with E-state index in [1.165, 1.54) is 0 Å². The summed E-state index contributed by atoms with van der Waals surface area (Å²) >= 11 is 0. The molecule has 1 aliphatic rings. The number of carbonyl (C=O) groups is 2. The summed E-state index contributed by atoms with van der Waals surface area (Å²) in [6, 6.07) is 6.95. The van der Waals surface area contributed by atoms with Crippen molar-refractivity contribution in [1.82, 2.24) is 5.32 Å². The molecule has 0 bridgehead atoms. The number of rotatable bonds is 2. The van der Waals surface area contributed by atoms with Gasteiger partial charge in [0.25, 0.3) is 0 Å². The molecule has 90 valence electrons. The molecule has 1 N–H and O–H groups in total. The van der Waals surface area contributed by atoms with E-state index in [0.717, 1.165) is 5.69 Å². The predicted octanol–water partition coefficient (Wildman–Crippen LogP) is 0.546. The van der Waals surface area contributed by atoms with Crippen LogP contribution in [0.25, 0.3) is 0 Å². The topological polar surface area (TPSA) is 58.6 Å². The Bertz CT molecular complexity index is 459. The van der Waals surface area contributed by atoms with E-state index in [1.54, 1.807) is 25.0 Å². The van der Waals surface area contributed by atoms with Crippen molar-refractivity contribution >= 4 is 17.5 Å². The van der Waals surface area contributed by atoms with Crippen LogP contribution in [0.4, 0.5) is 5.69 Å². The Hall–Kier alpha value is -2.04. The first kappa shape index (κ1) is 11.4. The second-order valence-electron chi connectivity index (χ2n) is 3.89. The van der Waals surface area contributed by atoms with Crippen molar-refractivity contribution in [3.63, 3.8) is 0 Å². The van der Waals surface area contributed by atoms with Gasteiger partial charge in [0.05, 0.1) is 19.3 Å². The fourth-order valence-corrected chi connectivity index (χ4v) is 1.88. The number of carbonyl (C=O) groups excluding carboxylic acids is 2. The largest absolute Gasteiger partial charge is 0.495 e. The number of nitrogens with one attached hydrogen (secondary N) is 1. The molecular weight excluding hydrogens is 220 g/mol. The Balaban J connectivity index is 2.37. The third kappa shape index (κ3) is 2.08. The van der Waals surface area contributed by atoms with Gasteiger partial charge in [0.15, 0.2) is 0 Å². The van der Waals surface area contributed by atoms with Gasteiger partial charge in [-0.05, 0) is 19.1 Å². The second-order valence-corrected chi connectivity index (χ2v) is 3.89. The molecule has 0 aliphatic carbocycles. The molecule has 5 heteroatoms. The lowest BCUT2D eigenvalue weighted by atomic mass is 10.1. The highest BCUT2D eigenvalue weighted by Crippen LogP contribution is 2.29. The number of amides is 2. The number of ether oxygens (including phenoxy) is 1. The Morgan fingerprint density at radius 3 is 2.76 bits per heavy atom. The zero-order valence-corrected chi connectivity index (χ0v) is 9.77. The highest BCUT2D eigenvalue weighted by molar-refractivity contribution is 6.04. The smallest absolute Gasteiger partial charge is 0.249 e. The van der Waals surface area contributed by atoms with Gasteiger partial charge in [-0.1, -0.05) is 12.1 Å². The van der Waals surface area contributed by atoms with Gasteiger partial charge in [-0.2, -0.15) is 0 Å². The molecule has 0 saturated carbocycles. The van der Waals surface area contributed by atoms with Gasteiger partial charge < -0.3 is 9.64 Å². The Morgan fingerprint density at radius 2 is 2.06 bits per heavy atom. The molecular formula is C12H14N2O3. The predicted molar refractivity (Wildman–Crippen MR) is 63.0 cm³/mol. The molecule has 2 amide bonds. The zero-order valence-electron chi connectivity index (χ0n) is 9.77. The van der Waals surface area contributed by atoms with Crippen LogP contribution in [0.5, 0.6) is 5.75 Å². The van der Waals surface area contributed by atoms with Gasteiger partial charge in [0.1, 0.15) is 11.8 Å². The molecule has 0 aromatic heterocycles. The SMILES string of the molecule is COc1ccccc1N1CC(=O)NC(=O)C1C. The van der Waals surface area contributed by atoms with Crippen molar-refractivity contribution in [3.05, 3.63) is 24.3 Å². The Morgan fingerprint density at radius 1 is 1.35 bits per heavy atom. The van der Waals surface area contributed by atoms with Crippen molar-refractivity contribution in [2.75, 3.05) is 18.6 Å². The van der Waals surface area contributed by atoms with Crippen molar-refractivity contribution in [3.8, 4) is 5.75 Å². The average molecular weight is 234 g/mol. The van der Waals surface area contributed by atoms with Crippen LogP contribution in [-0.4, -0.2) is 31.5 Å². The van der Waals surface area contributed by atoms with E-state index in [1.807, 2.05) is 18.2 Å². The van der Waals surface area contributed by atoms with Crippen LogP contribution in [0.1, 0.15) is 6.92 Å². The number of para-hydroxylation sites is 2. The average Bonchev–Trinajstić information content (AvgIpc) is 2.33. The number of benzene rings is 1. The van der Waals surface area contributed by atoms with E-state index in [0.29, 0.717) is 5.75 Å². The fraction of sp³-hybridized carbons (Fsp3) is 0.333. The standard InChI is InChI=1S/C12H14N2O3/c1-8-12(16)13-11(15)7-14(8)9-5-3-4-6-10(9)17-2/h3-6,8H,7H2,1-2H3,(H,13,15,16). The summed E-state index contributed by atoms with van der Waals surface area (Å²) < 4.78 is 5.23. The first-order valence-corrected chi connectivity index (χ1v) is 5.37. The van der Waals surface area contributed by atoms with Crippen LogP contribution >= 0.6 is 0 Å². The third-order valence-corrected chi connectivity index (χ3v) is 2.82. The molecule has 1 aromatic rings. The van der Waals surface area contributed by atoms with Gasteiger partial charge in [0, 0.05) is 0 Å². The first-order chi connectivity index (χ1) is 8.13. The minimum Gasteiger partial charge on any atom is -0.495 e. The number of hydrogen-bond donors (Lipinski definition) is 1. The van der Waals surface area contributed by atoms with Crippen molar-refractivity contribution < 1.29 is 14.3 Å². The van der Waals surface area contributed by atoms with Crippen molar-refractivity contribution in [2.45, 2.75) is 13.0 Å². The first-order valence-electron chi connectivity index (χ1n) is 5.37. The lowest BCUT2D eigenvalue weighted by molar-refractivity contribution is -0.132.